The van der Waals surface area contributed by atoms with Gasteiger partial charge in [-0.05, 0) is 30.7 Å². The Morgan fingerprint density at radius 1 is 1.04 bits per heavy atom. The molecule has 0 fully saturated rings. The van der Waals surface area contributed by atoms with Gasteiger partial charge in [0.15, 0.2) is 5.96 Å². The lowest BCUT2D eigenvalue weighted by molar-refractivity contribution is 0.604. The molecule has 0 unspecified atom stereocenters. The topological polar surface area (TPSA) is 39.7 Å². The third-order valence-corrected chi connectivity index (χ3v) is 3.62. The first-order valence-corrected chi connectivity index (χ1v) is 8.12. The highest BCUT2D eigenvalue weighted by Gasteiger charge is 2.03. The molecule has 0 radical (unpaired) electrons. The lowest BCUT2D eigenvalue weighted by atomic mass is 10.2. The van der Waals surface area contributed by atoms with Gasteiger partial charge in [0.25, 0.3) is 0 Å². The van der Waals surface area contributed by atoms with Crippen LogP contribution < -0.4 is 15.5 Å². The lowest BCUT2D eigenvalue weighted by Crippen LogP contribution is -2.37. The molecule has 0 bridgehead atoms. The number of hydrogen-bond acceptors (Lipinski definition) is 2. The van der Waals surface area contributed by atoms with Crippen LogP contribution in [0.25, 0.3) is 0 Å². The molecule has 2 rings (SSSR count). The monoisotopic (exact) mass is 328 g/mol. The van der Waals surface area contributed by atoms with Gasteiger partial charge < -0.3 is 15.5 Å². The van der Waals surface area contributed by atoms with Gasteiger partial charge in [0.05, 0.1) is 6.54 Å². The Labute approximate surface area is 143 Å². The van der Waals surface area contributed by atoms with Crippen molar-refractivity contribution in [2.45, 2.75) is 20.0 Å². The van der Waals surface area contributed by atoms with Crippen molar-refractivity contribution in [3.63, 3.8) is 0 Å². The largest absolute Gasteiger partial charge is 0.378 e. The fourth-order valence-electron chi connectivity index (χ4n) is 2.23. The van der Waals surface area contributed by atoms with Crippen LogP contribution in [0.15, 0.2) is 53.5 Å². The molecule has 0 aliphatic carbocycles. The second-order valence-corrected chi connectivity index (χ2v) is 5.70. The first-order valence-electron chi connectivity index (χ1n) is 8.12. The summed E-state index contributed by atoms with van der Waals surface area (Å²) in [6.45, 7) is 3.73. The van der Waals surface area contributed by atoms with Crippen molar-refractivity contribution in [3.8, 4) is 0 Å². The molecule has 0 heterocycles. The summed E-state index contributed by atoms with van der Waals surface area (Å²) in [7, 11) is 4.03. The molecule has 2 N–H and O–H groups in total. The zero-order valence-electron chi connectivity index (χ0n) is 14.5. The lowest BCUT2D eigenvalue weighted by Gasteiger charge is -2.13. The highest BCUT2D eigenvalue weighted by molar-refractivity contribution is 5.79. The Hall–Kier alpha value is -2.56. The number of rotatable bonds is 6. The molecule has 0 atom stereocenters. The van der Waals surface area contributed by atoms with Crippen LogP contribution >= 0.6 is 0 Å². The van der Waals surface area contributed by atoms with Gasteiger partial charge in [-0.25, -0.2) is 9.38 Å². The van der Waals surface area contributed by atoms with Crippen molar-refractivity contribution in [2.75, 3.05) is 25.5 Å². The molecule has 2 aromatic rings. The van der Waals surface area contributed by atoms with Crippen molar-refractivity contribution >= 4 is 11.6 Å². The molecule has 0 aromatic heterocycles. The Morgan fingerprint density at radius 2 is 1.75 bits per heavy atom. The minimum atomic E-state index is -0.208. The van der Waals surface area contributed by atoms with E-state index in [4.69, 9.17) is 0 Å². The number of hydrogen-bond donors (Lipinski definition) is 2. The van der Waals surface area contributed by atoms with Gasteiger partial charge in [-0.3, -0.25) is 0 Å². The molecule has 0 spiro atoms. The molecule has 0 saturated heterocycles. The molecule has 0 aliphatic heterocycles. The molecule has 0 saturated carbocycles. The van der Waals surface area contributed by atoms with Gasteiger partial charge in [-0.2, -0.15) is 0 Å². The summed E-state index contributed by atoms with van der Waals surface area (Å²) in [6.07, 6.45) is 0. The van der Waals surface area contributed by atoms with E-state index in [1.54, 1.807) is 12.1 Å². The van der Waals surface area contributed by atoms with E-state index in [9.17, 15) is 4.39 Å². The van der Waals surface area contributed by atoms with Crippen LogP contribution in [0.4, 0.5) is 10.1 Å². The van der Waals surface area contributed by atoms with Crippen molar-refractivity contribution in [3.05, 3.63) is 65.5 Å². The van der Waals surface area contributed by atoms with Gasteiger partial charge in [0.2, 0.25) is 0 Å². The molecule has 24 heavy (non-hydrogen) atoms. The molecule has 2 aromatic carbocycles. The second-order valence-electron chi connectivity index (χ2n) is 5.70. The van der Waals surface area contributed by atoms with E-state index in [1.807, 2.05) is 27.1 Å². The number of nitrogens with zero attached hydrogens (tertiary/aromatic N) is 2. The maximum absolute atomic E-state index is 13.7. The van der Waals surface area contributed by atoms with Gasteiger partial charge in [-0.1, -0.05) is 30.3 Å². The van der Waals surface area contributed by atoms with Gasteiger partial charge in [0, 0.05) is 38.4 Å². The van der Waals surface area contributed by atoms with Gasteiger partial charge >= 0.3 is 0 Å². The van der Waals surface area contributed by atoms with E-state index >= 15 is 0 Å². The summed E-state index contributed by atoms with van der Waals surface area (Å²) in [4.78, 5) is 6.62. The van der Waals surface area contributed by atoms with Crippen LogP contribution in [0.3, 0.4) is 0 Å². The van der Waals surface area contributed by atoms with Crippen LogP contribution in [-0.4, -0.2) is 26.6 Å². The zero-order chi connectivity index (χ0) is 17.4. The highest BCUT2D eigenvalue weighted by atomic mass is 19.1. The second kappa shape index (κ2) is 8.91. The van der Waals surface area contributed by atoms with E-state index in [0.29, 0.717) is 24.6 Å². The Kier molecular flexibility index (Phi) is 6.61. The molecule has 4 nitrogen and oxygen atoms in total. The number of nitrogens with one attached hydrogen (secondary N) is 2. The number of halogens is 1. The average Bonchev–Trinajstić information content (AvgIpc) is 2.59. The van der Waals surface area contributed by atoms with Crippen LogP contribution in [0.2, 0.25) is 0 Å². The number of aliphatic imine (C=N–C) groups is 1. The van der Waals surface area contributed by atoms with E-state index in [1.165, 1.54) is 6.07 Å². The fraction of sp³-hybridized carbons (Fsp3) is 0.316. The quantitative estimate of drug-likeness (QED) is 0.632. The van der Waals surface area contributed by atoms with Crippen LogP contribution in [0.1, 0.15) is 18.1 Å². The Morgan fingerprint density at radius 3 is 2.38 bits per heavy atom. The number of anilines is 1. The van der Waals surface area contributed by atoms with Crippen LogP contribution in [0, 0.1) is 5.82 Å². The van der Waals surface area contributed by atoms with Crippen molar-refractivity contribution in [2.24, 2.45) is 4.99 Å². The van der Waals surface area contributed by atoms with Gasteiger partial charge in [0.1, 0.15) is 5.82 Å². The maximum atomic E-state index is 13.7. The summed E-state index contributed by atoms with van der Waals surface area (Å²) in [5.74, 6) is 0.470. The average molecular weight is 328 g/mol. The zero-order valence-corrected chi connectivity index (χ0v) is 14.5. The summed E-state index contributed by atoms with van der Waals surface area (Å²) in [5.41, 5.74) is 2.91. The summed E-state index contributed by atoms with van der Waals surface area (Å²) in [6, 6.07) is 15.0. The number of benzene rings is 2. The predicted octanol–water partition coefficient (Wildman–Crippen LogP) is 3.15. The SMILES string of the molecule is CCNC(=NCc1ccc(N(C)C)cc1)NCc1ccccc1F. The van der Waals surface area contributed by atoms with E-state index in [0.717, 1.165) is 17.8 Å². The van der Waals surface area contributed by atoms with Crippen LogP contribution in [-0.2, 0) is 13.1 Å². The summed E-state index contributed by atoms with van der Waals surface area (Å²) >= 11 is 0. The Balaban J connectivity index is 1.98. The van der Waals surface area contributed by atoms with Crippen molar-refractivity contribution in [1.82, 2.24) is 10.6 Å². The third-order valence-electron chi connectivity index (χ3n) is 3.62. The molecular weight excluding hydrogens is 303 g/mol. The minimum absolute atomic E-state index is 0.208. The summed E-state index contributed by atoms with van der Waals surface area (Å²) in [5, 5.41) is 6.35. The normalized spacial score (nSPS) is 11.2. The molecular formula is C19H25FN4. The molecule has 0 amide bonds. The Bertz CT molecular complexity index is 665. The van der Waals surface area contributed by atoms with Gasteiger partial charge in [-0.15, -0.1) is 0 Å². The van der Waals surface area contributed by atoms with Crippen LogP contribution in [0.5, 0.6) is 0 Å². The first-order chi connectivity index (χ1) is 11.6. The maximum Gasteiger partial charge on any atom is 0.191 e. The van der Waals surface area contributed by atoms with E-state index in [2.05, 4.69) is 44.8 Å². The minimum Gasteiger partial charge on any atom is -0.378 e. The predicted molar refractivity (Wildman–Crippen MR) is 98.8 cm³/mol. The highest BCUT2D eigenvalue weighted by Crippen LogP contribution is 2.12. The van der Waals surface area contributed by atoms with E-state index in [-0.39, 0.29) is 5.82 Å². The first kappa shape index (κ1) is 17.8. The third kappa shape index (κ3) is 5.26. The molecule has 5 heteroatoms. The van der Waals surface area contributed by atoms with Crippen molar-refractivity contribution < 1.29 is 4.39 Å². The number of guanidine groups is 1. The smallest absolute Gasteiger partial charge is 0.191 e. The standard InChI is InChI=1S/C19H25FN4/c1-4-21-19(23-14-16-7-5-6-8-18(16)20)22-13-15-9-11-17(12-10-15)24(2)3/h5-12H,4,13-14H2,1-3H3,(H2,21,22,23). The molecule has 0 aliphatic rings. The van der Waals surface area contributed by atoms with E-state index < -0.39 is 0 Å². The fourth-order valence-corrected chi connectivity index (χ4v) is 2.23. The summed E-state index contributed by atoms with van der Waals surface area (Å²) < 4.78 is 13.7. The van der Waals surface area contributed by atoms with Crippen molar-refractivity contribution in [1.29, 1.82) is 0 Å². The molecule has 128 valence electrons.